The van der Waals surface area contributed by atoms with Gasteiger partial charge in [0, 0.05) is 19.0 Å². The molecule has 5 nitrogen and oxygen atoms in total. The Balaban J connectivity index is 1.50. The van der Waals surface area contributed by atoms with Crippen molar-refractivity contribution in [3.8, 4) is 0 Å². The van der Waals surface area contributed by atoms with Crippen molar-refractivity contribution in [3.63, 3.8) is 0 Å². The smallest absolute Gasteiger partial charge is 0.223 e. The number of hydrogen-bond donors (Lipinski definition) is 1. The summed E-state index contributed by atoms with van der Waals surface area (Å²) in [6.45, 7) is 2.93. The quantitative estimate of drug-likeness (QED) is 0.916. The lowest BCUT2D eigenvalue weighted by atomic mass is 10.1. The molecule has 1 heterocycles. The Morgan fingerprint density at radius 2 is 2.23 bits per heavy atom. The molecule has 0 radical (unpaired) electrons. The number of hydrogen-bond acceptors (Lipinski definition) is 3. The van der Waals surface area contributed by atoms with E-state index >= 15 is 0 Å². The minimum absolute atomic E-state index is 0.0215. The average molecular weight is 306 g/mol. The van der Waals surface area contributed by atoms with Crippen molar-refractivity contribution in [1.29, 1.82) is 0 Å². The molecule has 1 aliphatic carbocycles. The molecule has 2 atom stereocenters. The summed E-state index contributed by atoms with van der Waals surface area (Å²) in [7, 11) is 0. The van der Waals surface area contributed by atoms with Gasteiger partial charge in [-0.05, 0) is 37.0 Å². The van der Waals surface area contributed by atoms with Crippen molar-refractivity contribution in [3.05, 3.63) is 47.5 Å². The van der Waals surface area contributed by atoms with E-state index in [-0.39, 0.29) is 17.7 Å². The summed E-state index contributed by atoms with van der Waals surface area (Å²) in [6.07, 6.45) is 2.28. The van der Waals surface area contributed by atoms with Crippen molar-refractivity contribution in [2.24, 2.45) is 5.92 Å². The monoisotopic (exact) mass is 306 g/mol. The highest BCUT2D eigenvalue weighted by Crippen LogP contribution is 2.47. The second-order valence-electron chi connectivity index (χ2n) is 5.48. The van der Waals surface area contributed by atoms with Gasteiger partial charge in [0.25, 0.3) is 0 Å². The Labute approximate surface area is 126 Å². The van der Waals surface area contributed by atoms with Crippen LogP contribution < -0.4 is 5.32 Å². The number of rotatable bonds is 5. The minimum atomic E-state index is -0.869. The van der Waals surface area contributed by atoms with Gasteiger partial charge in [0.2, 0.25) is 5.91 Å². The number of aryl methyl sites for hydroxylation is 1. The molecule has 116 valence electrons. The Kier molecular flexibility index (Phi) is 3.87. The number of amides is 1. The fraction of sp³-hybridized carbons (Fsp3) is 0.400. The van der Waals surface area contributed by atoms with Crippen molar-refractivity contribution in [2.45, 2.75) is 25.8 Å². The van der Waals surface area contributed by atoms with Crippen molar-refractivity contribution >= 4 is 5.91 Å². The molecule has 0 aliphatic heterocycles. The predicted octanol–water partition coefficient (Wildman–Crippen LogP) is 1.78. The van der Waals surface area contributed by atoms with Crippen molar-refractivity contribution < 1.29 is 13.6 Å². The normalized spacial score (nSPS) is 20.0. The largest absolute Gasteiger partial charge is 0.354 e. The number of carbonyl (C=O) groups is 1. The van der Waals surface area contributed by atoms with Gasteiger partial charge in [0.15, 0.2) is 11.6 Å². The molecular formula is C15H16F2N4O. The minimum Gasteiger partial charge on any atom is -0.354 e. The number of aromatic nitrogens is 3. The third-order valence-corrected chi connectivity index (χ3v) is 3.96. The van der Waals surface area contributed by atoms with Crippen LogP contribution in [0.15, 0.2) is 24.5 Å². The Bertz CT molecular complexity index is 701. The number of halogens is 2. The van der Waals surface area contributed by atoms with E-state index in [1.54, 1.807) is 6.33 Å². The van der Waals surface area contributed by atoms with Gasteiger partial charge in [-0.3, -0.25) is 4.79 Å². The van der Waals surface area contributed by atoms with Gasteiger partial charge in [-0.1, -0.05) is 6.07 Å². The topological polar surface area (TPSA) is 59.8 Å². The van der Waals surface area contributed by atoms with Crippen LogP contribution in [0.4, 0.5) is 8.78 Å². The Morgan fingerprint density at radius 1 is 1.41 bits per heavy atom. The summed E-state index contributed by atoms with van der Waals surface area (Å²) in [6, 6.07) is 3.82. The highest BCUT2D eigenvalue weighted by atomic mass is 19.2. The third-order valence-electron chi connectivity index (χ3n) is 3.96. The number of benzene rings is 1. The van der Waals surface area contributed by atoms with Crippen molar-refractivity contribution in [1.82, 2.24) is 20.1 Å². The Hall–Kier alpha value is -2.31. The van der Waals surface area contributed by atoms with Gasteiger partial charge in [0.1, 0.15) is 12.2 Å². The van der Waals surface area contributed by atoms with Crippen LogP contribution in [0.25, 0.3) is 0 Å². The van der Waals surface area contributed by atoms with Gasteiger partial charge >= 0.3 is 0 Å². The first-order chi connectivity index (χ1) is 10.6. The molecule has 3 rings (SSSR count). The lowest BCUT2D eigenvalue weighted by Crippen LogP contribution is -2.29. The van der Waals surface area contributed by atoms with E-state index in [2.05, 4.69) is 15.5 Å². The molecule has 1 aromatic carbocycles. The molecule has 0 bridgehead atoms. The van der Waals surface area contributed by atoms with Gasteiger partial charge < -0.3 is 9.88 Å². The van der Waals surface area contributed by atoms with Crippen LogP contribution >= 0.6 is 0 Å². The van der Waals surface area contributed by atoms with Crippen molar-refractivity contribution in [2.75, 3.05) is 6.54 Å². The fourth-order valence-corrected chi connectivity index (χ4v) is 2.56. The molecule has 0 unspecified atom stereocenters. The molecule has 1 aromatic heterocycles. The lowest BCUT2D eigenvalue weighted by molar-refractivity contribution is -0.122. The zero-order chi connectivity index (χ0) is 15.7. The van der Waals surface area contributed by atoms with Crippen LogP contribution in [-0.4, -0.2) is 27.2 Å². The zero-order valence-corrected chi connectivity index (χ0v) is 12.1. The first-order valence-electron chi connectivity index (χ1n) is 7.13. The van der Waals surface area contributed by atoms with Crippen LogP contribution in [-0.2, 0) is 11.3 Å². The van der Waals surface area contributed by atoms with Gasteiger partial charge in [-0.2, -0.15) is 0 Å². The van der Waals surface area contributed by atoms with Crippen LogP contribution in [0.3, 0.4) is 0 Å². The molecule has 1 amide bonds. The highest BCUT2D eigenvalue weighted by Gasteiger charge is 2.43. The van der Waals surface area contributed by atoms with Gasteiger partial charge in [0.05, 0.1) is 0 Å². The summed E-state index contributed by atoms with van der Waals surface area (Å²) < 4.78 is 28.0. The van der Waals surface area contributed by atoms with Gasteiger partial charge in [-0.15, -0.1) is 10.2 Å². The molecule has 1 aliphatic rings. The summed E-state index contributed by atoms with van der Waals surface area (Å²) in [5, 5.41) is 10.5. The van der Waals surface area contributed by atoms with Crippen LogP contribution in [0.2, 0.25) is 0 Å². The van der Waals surface area contributed by atoms with Crippen LogP contribution in [0.1, 0.15) is 23.7 Å². The van der Waals surface area contributed by atoms with E-state index in [9.17, 15) is 13.6 Å². The maximum Gasteiger partial charge on any atom is 0.223 e. The molecule has 22 heavy (non-hydrogen) atoms. The molecule has 2 aromatic rings. The van der Waals surface area contributed by atoms with E-state index in [1.807, 2.05) is 11.5 Å². The summed E-state index contributed by atoms with van der Waals surface area (Å²) in [5.74, 6) is -1.18. The molecule has 7 heteroatoms. The molecule has 1 saturated carbocycles. The highest BCUT2D eigenvalue weighted by molar-refractivity contribution is 5.82. The first-order valence-corrected chi connectivity index (χ1v) is 7.13. The summed E-state index contributed by atoms with van der Waals surface area (Å²) in [5.41, 5.74) is 0.675. The van der Waals surface area contributed by atoms with Gasteiger partial charge in [-0.25, -0.2) is 8.78 Å². The maximum atomic E-state index is 13.2. The molecule has 0 spiro atoms. The Morgan fingerprint density at radius 3 is 2.91 bits per heavy atom. The predicted molar refractivity (Wildman–Crippen MR) is 75.0 cm³/mol. The van der Waals surface area contributed by atoms with E-state index in [0.29, 0.717) is 25.1 Å². The van der Waals surface area contributed by atoms with E-state index in [0.717, 1.165) is 11.9 Å². The maximum absolute atomic E-state index is 13.2. The molecule has 1 N–H and O–H groups in total. The number of carbonyl (C=O) groups excluding carboxylic acids is 1. The second-order valence-corrected chi connectivity index (χ2v) is 5.48. The molecular weight excluding hydrogens is 290 g/mol. The standard InChI is InChI=1S/C15H16F2N4O/c1-9-20-19-8-21(9)5-4-18-15(22)12-7-11(12)10-2-3-13(16)14(17)6-10/h2-3,6,8,11-12H,4-5,7H2,1H3,(H,18,22)/t11-,12-/m0/s1. The SMILES string of the molecule is Cc1nncn1CCNC(=O)[C@H]1C[C@H]1c1ccc(F)c(F)c1. The second kappa shape index (κ2) is 5.82. The first kappa shape index (κ1) is 14.6. The van der Waals surface area contributed by atoms with Crippen LogP contribution in [0.5, 0.6) is 0 Å². The summed E-state index contributed by atoms with van der Waals surface area (Å²) >= 11 is 0. The molecule has 1 fully saturated rings. The average Bonchev–Trinajstić information content (AvgIpc) is 3.20. The van der Waals surface area contributed by atoms with E-state index in [1.165, 1.54) is 12.1 Å². The number of nitrogens with zero attached hydrogens (tertiary/aromatic N) is 3. The third kappa shape index (κ3) is 2.98. The fourth-order valence-electron chi connectivity index (χ4n) is 2.56. The van der Waals surface area contributed by atoms with E-state index in [4.69, 9.17) is 0 Å². The van der Waals surface area contributed by atoms with E-state index < -0.39 is 11.6 Å². The number of nitrogens with one attached hydrogen (secondary N) is 1. The summed E-state index contributed by atoms with van der Waals surface area (Å²) in [4.78, 5) is 12.0. The van der Waals surface area contributed by atoms with Crippen LogP contribution in [0, 0.1) is 24.5 Å². The lowest BCUT2D eigenvalue weighted by Gasteiger charge is -2.06. The zero-order valence-electron chi connectivity index (χ0n) is 12.1. The molecule has 0 saturated heterocycles.